The van der Waals surface area contributed by atoms with E-state index in [-0.39, 0.29) is 5.38 Å². The van der Waals surface area contributed by atoms with Crippen molar-refractivity contribution in [3.05, 3.63) is 58.0 Å². The van der Waals surface area contributed by atoms with Crippen molar-refractivity contribution in [3.8, 4) is 0 Å². The molecule has 2 heterocycles. The van der Waals surface area contributed by atoms with Gasteiger partial charge in [0.15, 0.2) is 5.65 Å². The summed E-state index contributed by atoms with van der Waals surface area (Å²) in [6.45, 7) is 4.74. The zero-order valence-electron chi connectivity index (χ0n) is 11.8. The first-order valence-electron chi connectivity index (χ1n) is 6.76. The first-order chi connectivity index (χ1) is 10.0. The molecule has 0 fully saturated rings. The molecule has 0 amide bonds. The Labute approximate surface area is 137 Å². The van der Waals surface area contributed by atoms with E-state index >= 15 is 0 Å². The summed E-state index contributed by atoms with van der Waals surface area (Å²) in [6.07, 6.45) is 1.79. The van der Waals surface area contributed by atoms with Crippen molar-refractivity contribution < 1.29 is 0 Å². The van der Waals surface area contributed by atoms with E-state index in [1.165, 1.54) is 11.1 Å². The van der Waals surface area contributed by atoms with Gasteiger partial charge in [-0.05, 0) is 41.4 Å². The van der Waals surface area contributed by atoms with E-state index in [0.717, 1.165) is 28.0 Å². The van der Waals surface area contributed by atoms with Gasteiger partial charge in [0.05, 0.1) is 11.9 Å². The second-order valence-electron chi connectivity index (χ2n) is 5.15. The molecule has 0 saturated heterocycles. The molecule has 1 unspecified atom stereocenters. The van der Waals surface area contributed by atoms with E-state index in [0.29, 0.717) is 0 Å². The molecule has 0 bridgehead atoms. The maximum absolute atomic E-state index is 6.29. The third-order valence-corrected chi connectivity index (χ3v) is 4.03. The Morgan fingerprint density at radius 3 is 2.67 bits per heavy atom. The van der Waals surface area contributed by atoms with Crippen molar-refractivity contribution in [1.82, 2.24) is 14.5 Å². The van der Waals surface area contributed by atoms with Crippen molar-refractivity contribution in [1.29, 1.82) is 0 Å². The molecule has 0 radical (unpaired) electrons. The average Bonchev–Trinajstić information content (AvgIpc) is 2.79. The van der Waals surface area contributed by atoms with Gasteiger partial charge in [-0.1, -0.05) is 29.8 Å². The van der Waals surface area contributed by atoms with Gasteiger partial charge in [0.2, 0.25) is 0 Å². The van der Waals surface area contributed by atoms with Crippen LogP contribution in [0, 0.1) is 6.92 Å². The highest BCUT2D eigenvalue weighted by Gasteiger charge is 2.16. The molecular weight excluding hydrogens is 350 g/mol. The minimum Gasteiger partial charge on any atom is -0.307 e. The van der Waals surface area contributed by atoms with Crippen LogP contribution in [-0.4, -0.2) is 14.5 Å². The lowest BCUT2D eigenvalue weighted by Gasteiger charge is -2.10. The fourth-order valence-corrected chi connectivity index (χ4v) is 2.83. The number of aromatic nitrogens is 3. The Morgan fingerprint density at radius 2 is 2.00 bits per heavy atom. The van der Waals surface area contributed by atoms with E-state index in [1.807, 2.05) is 13.0 Å². The molecule has 1 aromatic carbocycles. The van der Waals surface area contributed by atoms with E-state index in [1.54, 1.807) is 6.20 Å². The van der Waals surface area contributed by atoms with Crippen LogP contribution in [0.25, 0.3) is 11.2 Å². The van der Waals surface area contributed by atoms with Crippen molar-refractivity contribution in [2.75, 3.05) is 0 Å². The Morgan fingerprint density at radius 1 is 1.29 bits per heavy atom. The van der Waals surface area contributed by atoms with Crippen LogP contribution in [0.4, 0.5) is 0 Å². The quantitative estimate of drug-likeness (QED) is 0.622. The third kappa shape index (κ3) is 2.97. The van der Waals surface area contributed by atoms with E-state index in [2.05, 4.69) is 61.7 Å². The van der Waals surface area contributed by atoms with Gasteiger partial charge in [0.25, 0.3) is 0 Å². The summed E-state index contributed by atoms with van der Waals surface area (Å²) in [4.78, 5) is 9.12. The molecule has 0 saturated carbocycles. The van der Waals surface area contributed by atoms with Gasteiger partial charge in [-0.15, -0.1) is 11.6 Å². The van der Waals surface area contributed by atoms with Gasteiger partial charge in [-0.3, -0.25) is 0 Å². The minimum atomic E-state index is -0.163. The summed E-state index contributed by atoms with van der Waals surface area (Å²) in [5.74, 6) is 0.845. The number of fused-ring (bicyclic) bond motifs is 1. The fraction of sp³-hybridized carbons (Fsp3) is 0.250. The monoisotopic (exact) mass is 363 g/mol. The second-order valence-corrected chi connectivity index (χ2v) is 6.72. The molecule has 108 valence electrons. The van der Waals surface area contributed by atoms with Gasteiger partial charge < -0.3 is 4.57 Å². The number of imidazole rings is 1. The Bertz CT molecular complexity index is 778. The first-order valence-corrected chi connectivity index (χ1v) is 7.99. The molecule has 3 rings (SSSR count). The van der Waals surface area contributed by atoms with Gasteiger partial charge in [0.1, 0.15) is 11.3 Å². The van der Waals surface area contributed by atoms with Crippen molar-refractivity contribution >= 4 is 38.7 Å². The van der Waals surface area contributed by atoms with Crippen LogP contribution < -0.4 is 0 Å². The average molecular weight is 365 g/mol. The fourth-order valence-electron chi connectivity index (χ4n) is 2.34. The zero-order chi connectivity index (χ0) is 15.0. The molecule has 0 spiro atoms. The molecule has 1 atom stereocenters. The van der Waals surface area contributed by atoms with Crippen LogP contribution in [0.3, 0.4) is 0 Å². The van der Waals surface area contributed by atoms with E-state index in [4.69, 9.17) is 11.6 Å². The maximum Gasteiger partial charge on any atom is 0.160 e. The van der Waals surface area contributed by atoms with Crippen LogP contribution in [0.15, 0.2) is 41.0 Å². The van der Waals surface area contributed by atoms with Gasteiger partial charge >= 0.3 is 0 Å². The Hall–Kier alpha value is -1.39. The first kappa shape index (κ1) is 14.5. The molecule has 3 aromatic rings. The molecular formula is C16H15BrClN3. The number of alkyl halides is 1. The lowest BCUT2D eigenvalue weighted by molar-refractivity contribution is 0.736. The highest BCUT2D eigenvalue weighted by atomic mass is 79.9. The predicted octanol–water partition coefficient (Wildman–Crippen LogP) is 4.85. The highest BCUT2D eigenvalue weighted by Crippen LogP contribution is 2.26. The largest absolute Gasteiger partial charge is 0.307 e. The summed E-state index contributed by atoms with van der Waals surface area (Å²) in [7, 11) is 0. The molecule has 5 heteroatoms. The van der Waals surface area contributed by atoms with Crippen LogP contribution in [0.2, 0.25) is 0 Å². The lowest BCUT2D eigenvalue weighted by atomic mass is 10.1. The minimum absolute atomic E-state index is 0.163. The number of halogens is 2. The third-order valence-electron chi connectivity index (χ3n) is 3.40. The summed E-state index contributed by atoms with van der Waals surface area (Å²) in [5.41, 5.74) is 4.19. The summed E-state index contributed by atoms with van der Waals surface area (Å²) >= 11 is 9.72. The second kappa shape index (κ2) is 5.78. The molecule has 0 aliphatic carbocycles. The molecule has 3 nitrogen and oxygen atoms in total. The highest BCUT2D eigenvalue weighted by molar-refractivity contribution is 9.10. The summed E-state index contributed by atoms with van der Waals surface area (Å²) < 4.78 is 3.01. The topological polar surface area (TPSA) is 30.7 Å². The molecule has 0 aliphatic rings. The van der Waals surface area contributed by atoms with Crippen LogP contribution in [0.1, 0.15) is 29.3 Å². The summed E-state index contributed by atoms with van der Waals surface area (Å²) in [5, 5.41) is -0.163. The molecule has 21 heavy (non-hydrogen) atoms. The number of rotatable bonds is 3. The predicted molar refractivity (Wildman–Crippen MR) is 89.8 cm³/mol. The number of hydrogen-bond acceptors (Lipinski definition) is 2. The van der Waals surface area contributed by atoms with Gasteiger partial charge in [0, 0.05) is 10.7 Å². The van der Waals surface area contributed by atoms with Crippen LogP contribution in [-0.2, 0) is 6.54 Å². The SMILES string of the molecule is Cc1ccc(Cn2c(C(C)Cl)nc3cc(Br)cnc32)cc1. The maximum atomic E-state index is 6.29. The standard InChI is InChI=1S/C16H15BrClN3/c1-10-3-5-12(6-4-10)9-21-15(11(2)18)20-14-7-13(17)8-19-16(14)21/h3-8,11H,9H2,1-2H3. The normalized spacial score (nSPS) is 12.8. The Kier molecular flexibility index (Phi) is 4.00. The zero-order valence-corrected chi connectivity index (χ0v) is 14.2. The van der Waals surface area contributed by atoms with Crippen LogP contribution >= 0.6 is 27.5 Å². The number of hydrogen-bond donors (Lipinski definition) is 0. The number of nitrogens with zero attached hydrogens (tertiary/aromatic N) is 3. The Balaban J connectivity index is 2.10. The lowest BCUT2D eigenvalue weighted by Crippen LogP contribution is -2.06. The molecule has 0 aliphatic heterocycles. The van der Waals surface area contributed by atoms with Crippen molar-refractivity contribution in [2.45, 2.75) is 25.8 Å². The van der Waals surface area contributed by atoms with Gasteiger partial charge in [-0.25, -0.2) is 9.97 Å². The number of pyridine rings is 1. The smallest absolute Gasteiger partial charge is 0.160 e. The molecule has 0 N–H and O–H groups in total. The van der Waals surface area contributed by atoms with E-state index in [9.17, 15) is 0 Å². The summed E-state index contributed by atoms with van der Waals surface area (Å²) in [6, 6.07) is 10.5. The number of benzene rings is 1. The van der Waals surface area contributed by atoms with E-state index < -0.39 is 0 Å². The molecule has 2 aromatic heterocycles. The van der Waals surface area contributed by atoms with Crippen molar-refractivity contribution in [2.24, 2.45) is 0 Å². The van der Waals surface area contributed by atoms with Crippen LogP contribution in [0.5, 0.6) is 0 Å². The number of aryl methyl sites for hydroxylation is 1. The van der Waals surface area contributed by atoms with Gasteiger partial charge in [-0.2, -0.15) is 0 Å². The van der Waals surface area contributed by atoms with Crippen molar-refractivity contribution in [3.63, 3.8) is 0 Å².